The number of hydrogen-bond donors (Lipinski definition) is 2. The molecule has 1 saturated heterocycles. The lowest BCUT2D eigenvalue weighted by Crippen LogP contribution is -2.28. The smallest absolute Gasteiger partial charge is 0.0282 e. The SMILES string of the molecule is CC(=N)/C=C(\C)C1CCNCC1. The van der Waals surface area contributed by atoms with Crippen LogP contribution in [0.15, 0.2) is 11.6 Å². The molecule has 1 rings (SSSR count). The molecule has 12 heavy (non-hydrogen) atoms. The number of allylic oxidation sites excluding steroid dienone is 2. The fourth-order valence-corrected chi connectivity index (χ4v) is 1.74. The molecule has 0 unspecified atom stereocenters. The van der Waals surface area contributed by atoms with E-state index in [0.29, 0.717) is 11.6 Å². The fourth-order valence-electron chi connectivity index (χ4n) is 1.74. The third kappa shape index (κ3) is 2.78. The van der Waals surface area contributed by atoms with Crippen LogP contribution in [-0.2, 0) is 0 Å². The predicted molar refractivity (Wildman–Crippen MR) is 52.8 cm³/mol. The highest BCUT2D eigenvalue weighted by molar-refractivity contribution is 5.90. The maximum absolute atomic E-state index is 7.35. The monoisotopic (exact) mass is 166 g/mol. The maximum atomic E-state index is 7.35. The third-order valence-corrected chi connectivity index (χ3v) is 2.43. The maximum Gasteiger partial charge on any atom is 0.0282 e. The van der Waals surface area contributed by atoms with Gasteiger partial charge in [-0.2, -0.15) is 0 Å². The first-order chi connectivity index (χ1) is 5.70. The molecule has 0 saturated carbocycles. The second-order valence-electron chi connectivity index (χ2n) is 3.60. The van der Waals surface area contributed by atoms with Gasteiger partial charge < -0.3 is 10.7 Å². The summed E-state index contributed by atoms with van der Waals surface area (Å²) >= 11 is 0. The van der Waals surface area contributed by atoms with Gasteiger partial charge in [-0.15, -0.1) is 0 Å². The van der Waals surface area contributed by atoms with Gasteiger partial charge in [0.15, 0.2) is 0 Å². The summed E-state index contributed by atoms with van der Waals surface area (Å²) in [6, 6.07) is 0. The Morgan fingerprint density at radius 2 is 1.92 bits per heavy atom. The van der Waals surface area contributed by atoms with Crippen LogP contribution in [0.3, 0.4) is 0 Å². The highest BCUT2D eigenvalue weighted by atomic mass is 14.9. The zero-order valence-electron chi connectivity index (χ0n) is 7.98. The molecule has 0 bridgehead atoms. The average Bonchev–Trinajstić information content (AvgIpc) is 2.05. The first-order valence-electron chi connectivity index (χ1n) is 4.64. The molecule has 0 amide bonds. The normalized spacial score (nSPS) is 21.0. The summed E-state index contributed by atoms with van der Waals surface area (Å²) in [5.74, 6) is 0.714. The Hall–Kier alpha value is -0.630. The lowest BCUT2D eigenvalue weighted by atomic mass is 9.90. The van der Waals surface area contributed by atoms with Gasteiger partial charge in [0.1, 0.15) is 0 Å². The zero-order chi connectivity index (χ0) is 8.97. The topological polar surface area (TPSA) is 35.9 Å². The van der Waals surface area contributed by atoms with Crippen molar-refractivity contribution in [2.24, 2.45) is 5.92 Å². The lowest BCUT2D eigenvalue weighted by molar-refractivity contribution is 0.420. The van der Waals surface area contributed by atoms with Gasteiger partial charge in [0.05, 0.1) is 0 Å². The Balaban J connectivity index is 2.49. The van der Waals surface area contributed by atoms with Crippen molar-refractivity contribution in [3.05, 3.63) is 11.6 Å². The van der Waals surface area contributed by atoms with Gasteiger partial charge in [-0.05, 0) is 51.8 Å². The first-order valence-corrected chi connectivity index (χ1v) is 4.64. The highest BCUT2D eigenvalue weighted by Gasteiger charge is 2.13. The minimum Gasteiger partial charge on any atom is -0.317 e. The van der Waals surface area contributed by atoms with Gasteiger partial charge in [0.25, 0.3) is 0 Å². The van der Waals surface area contributed by atoms with E-state index in [9.17, 15) is 0 Å². The summed E-state index contributed by atoms with van der Waals surface area (Å²) in [6.07, 6.45) is 4.46. The van der Waals surface area contributed by atoms with Crippen LogP contribution in [0.5, 0.6) is 0 Å². The van der Waals surface area contributed by atoms with Crippen LogP contribution in [0.25, 0.3) is 0 Å². The van der Waals surface area contributed by atoms with E-state index in [0.717, 1.165) is 13.1 Å². The lowest BCUT2D eigenvalue weighted by Gasteiger charge is -2.23. The minimum absolute atomic E-state index is 0.672. The largest absolute Gasteiger partial charge is 0.317 e. The Morgan fingerprint density at radius 1 is 1.33 bits per heavy atom. The quantitative estimate of drug-likeness (QED) is 0.604. The third-order valence-electron chi connectivity index (χ3n) is 2.43. The average molecular weight is 166 g/mol. The standard InChI is InChI=1S/C10H18N2/c1-8(7-9(2)11)10-3-5-12-6-4-10/h7,10-12H,3-6H2,1-2H3/b8-7+,11-9?. The number of piperidine rings is 1. The summed E-state index contributed by atoms with van der Waals surface area (Å²) < 4.78 is 0. The van der Waals surface area contributed by atoms with Crippen molar-refractivity contribution in [1.82, 2.24) is 5.32 Å². The minimum atomic E-state index is 0.672. The molecule has 68 valence electrons. The van der Waals surface area contributed by atoms with E-state index >= 15 is 0 Å². The second-order valence-corrected chi connectivity index (χ2v) is 3.60. The van der Waals surface area contributed by atoms with Crippen molar-refractivity contribution in [3.8, 4) is 0 Å². The summed E-state index contributed by atoms with van der Waals surface area (Å²) in [6.45, 7) is 6.25. The van der Waals surface area contributed by atoms with Crippen LogP contribution in [0.2, 0.25) is 0 Å². The second kappa shape index (κ2) is 4.41. The van der Waals surface area contributed by atoms with Gasteiger partial charge in [0, 0.05) is 5.71 Å². The predicted octanol–water partition coefficient (Wildman–Crippen LogP) is 1.97. The van der Waals surface area contributed by atoms with Crippen LogP contribution in [0, 0.1) is 11.3 Å². The molecule has 0 radical (unpaired) electrons. The molecular weight excluding hydrogens is 148 g/mol. The zero-order valence-corrected chi connectivity index (χ0v) is 7.98. The van der Waals surface area contributed by atoms with E-state index in [1.807, 2.05) is 13.0 Å². The molecule has 0 aromatic heterocycles. The van der Waals surface area contributed by atoms with Crippen LogP contribution >= 0.6 is 0 Å². The van der Waals surface area contributed by atoms with Gasteiger partial charge in [-0.25, -0.2) is 0 Å². The summed E-state index contributed by atoms with van der Waals surface area (Å²) in [7, 11) is 0. The van der Waals surface area contributed by atoms with E-state index in [4.69, 9.17) is 5.41 Å². The summed E-state index contributed by atoms with van der Waals surface area (Å²) in [4.78, 5) is 0. The summed E-state index contributed by atoms with van der Waals surface area (Å²) in [5, 5.41) is 10.7. The molecule has 1 aliphatic rings. The van der Waals surface area contributed by atoms with Crippen LogP contribution in [0.4, 0.5) is 0 Å². The van der Waals surface area contributed by atoms with Crippen LogP contribution in [-0.4, -0.2) is 18.8 Å². The van der Waals surface area contributed by atoms with Gasteiger partial charge >= 0.3 is 0 Å². The fraction of sp³-hybridized carbons (Fsp3) is 0.700. The van der Waals surface area contributed by atoms with Crippen molar-refractivity contribution in [2.45, 2.75) is 26.7 Å². The molecule has 2 nitrogen and oxygen atoms in total. The van der Waals surface area contributed by atoms with E-state index in [-0.39, 0.29) is 0 Å². The molecule has 0 atom stereocenters. The Labute approximate surface area is 74.6 Å². The number of nitrogens with one attached hydrogen (secondary N) is 2. The van der Waals surface area contributed by atoms with Crippen molar-refractivity contribution in [3.63, 3.8) is 0 Å². The molecule has 0 aliphatic carbocycles. The molecule has 0 aromatic rings. The number of rotatable bonds is 2. The first kappa shape index (κ1) is 9.46. The van der Waals surface area contributed by atoms with Crippen LogP contribution in [0.1, 0.15) is 26.7 Å². The number of hydrogen-bond acceptors (Lipinski definition) is 2. The van der Waals surface area contributed by atoms with E-state index in [2.05, 4.69) is 12.2 Å². The van der Waals surface area contributed by atoms with Gasteiger partial charge in [-0.1, -0.05) is 5.57 Å². The molecule has 1 fully saturated rings. The van der Waals surface area contributed by atoms with E-state index in [1.165, 1.54) is 18.4 Å². The Morgan fingerprint density at radius 3 is 2.42 bits per heavy atom. The van der Waals surface area contributed by atoms with Crippen molar-refractivity contribution in [1.29, 1.82) is 5.41 Å². The van der Waals surface area contributed by atoms with Crippen molar-refractivity contribution < 1.29 is 0 Å². The molecular formula is C10H18N2. The van der Waals surface area contributed by atoms with Gasteiger partial charge in [-0.3, -0.25) is 0 Å². The molecule has 1 heterocycles. The summed E-state index contributed by atoms with van der Waals surface area (Å²) in [5.41, 5.74) is 2.05. The molecule has 0 spiro atoms. The Kier molecular flexibility index (Phi) is 3.48. The van der Waals surface area contributed by atoms with E-state index < -0.39 is 0 Å². The van der Waals surface area contributed by atoms with Crippen LogP contribution < -0.4 is 5.32 Å². The van der Waals surface area contributed by atoms with Gasteiger partial charge in [0.2, 0.25) is 0 Å². The van der Waals surface area contributed by atoms with Crippen molar-refractivity contribution >= 4 is 5.71 Å². The molecule has 0 aromatic carbocycles. The highest BCUT2D eigenvalue weighted by Crippen LogP contribution is 2.20. The molecule has 1 aliphatic heterocycles. The molecule has 2 heteroatoms. The molecule has 2 N–H and O–H groups in total. The Bertz CT molecular complexity index is 188. The van der Waals surface area contributed by atoms with Crippen molar-refractivity contribution in [2.75, 3.05) is 13.1 Å². The van der Waals surface area contributed by atoms with E-state index in [1.54, 1.807) is 0 Å².